The number of ether oxygens (including phenoxy) is 2. The lowest BCUT2D eigenvalue weighted by Gasteiger charge is -2.27. The Morgan fingerprint density at radius 2 is 1.84 bits per heavy atom. The first-order valence-electron chi connectivity index (χ1n) is 7.29. The van der Waals surface area contributed by atoms with Crippen molar-refractivity contribution < 1.29 is 14.3 Å². The van der Waals surface area contributed by atoms with Crippen molar-refractivity contribution in [3.8, 4) is 0 Å². The molecule has 0 aromatic heterocycles. The summed E-state index contributed by atoms with van der Waals surface area (Å²) >= 11 is 0. The second-order valence-corrected chi connectivity index (χ2v) is 5.28. The summed E-state index contributed by atoms with van der Waals surface area (Å²) in [5, 5.41) is 2.90. The van der Waals surface area contributed by atoms with Crippen molar-refractivity contribution in [3.63, 3.8) is 0 Å². The van der Waals surface area contributed by atoms with E-state index in [2.05, 4.69) is 5.32 Å². The van der Waals surface area contributed by atoms with Gasteiger partial charge in [-0.2, -0.15) is 0 Å². The van der Waals surface area contributed by atoms with E-state index in [4.69, 9.17) is 15.2 Å². The molecule has 5 heteroatoms. The van der Waals surface area contributed by atoms with Gasteiger partial charge in [-0.15, -0.1) is 0 Å². The zero-order chi connectivity index (χ0) is 13.9. The first-order chi connectivity index (χ1) is 9.26. The maximum absolute atomic E-state index is 11.7. The minimum absolute atomic E-state index is 0.145. The average molecular weight is 272 g/mol. The molecule has 1 aliphatic rings. The summed E-state index contributed by atoms with van der Waals surface area (Å²) in [5.41, 5.74) is 5.66. The van der Waals surface area contributed by atoms with Crippen LogP contribution in [0.25, 0.3) is 0 Å². The Morgan fingerprint density at radius 1 is 1.16 bits per heavy atom. The summed E-state index contributed by atoms with van der Waals surface area (Å²) in [4.78, 5) is 11.7. The lowest BCUT2D eigenvalue weighted by Crippen LogP contribution is -2.30. The average Bonchev–Trinajstić information content (AvgIpc) is 2.43. The molecule has 0 atom stereocenters. The molecular formula is C14H28N2O3. The van der Waals surface area contributed by atoms with E-state index in [1.807, 2.05) is 0 Å². The van der Waals surface area contributed by atoms with E-state index in [-0.39, 0.29) is 5.91 Å². The SMILES string of the molecule is COCCOCCNC(=O)CC1CCC(CN)CC1. The quantitative estimate of drug-likeness (QED) is 0.612. The smallest absolute Gasteiger partial charge is 0.220 e. The largest absolute Gasteiger partial charge is 0.382 e. The third-order valence-corrected chi connectivity index (χ3v) is 3.77. The normalized spacial score (nSPS) is 23.3. The van der Waals surface area contributed by atoms with Gasteiger partial charge in [-0.1, -0.05) is 0 Å². The van der Waals surface area contributed by atoms with E-state index in [0.717, 1.165) is 19.4 Å². The zero-order valence-electron chi connectivity index (χ0n) is 12.0. The highest BCUT2D eigenvalue weighted by Crippen LogP contribution is 2.29. The molecule has 0 unspecified atom stereocenters. The minimum atomic E-state index is 0.145. The van der Waals surface area contributed by atoms with Crippen LogP contribution in [-0.4, -0.2) is 45.9 Å². The summed E-state index contributed by atoms with van der Waals surface area (Å²) < 4.78 is 10.2. The Morgan fingerprint density at radius 3 is 2.47 bits per heavy atom. The van der Waals surface area contributed by atoms with Crippen LogP contribution in [0.1, 0.15) is 32.1 Å². The fourth-order valence-electron chi connectivity index (χ4n) is 2.51. The minimum Gasteiger partial charge on any atom is -0.382 e. The lowest BCUT2D eigenvalue weighted by molar-refractivity contribution is -0.122. The molecule has 19 heavy (non-hydrogen) atoms. The van der Waals surface area contributed by atoms with Crippen molar-refractivity contribution in [3.05, 3.63) is 0 Å². The molecule has 0 heterocycles. The summed E-state index contributed by atoms with van der Waals surface area (Å²) in [6.07, 6.45) is 5.28. The van der Waals surface area contributed by atoms with E-state index in [0.29, 0.717) is 44.6 Å². The second kappa shape index (κ2) is 10.2. The van der Waals surface area contributed by atoms with Gasteiger partial charge in [-0.25, -0.2) is 0 Å². The monoisotopic (exact) mass is 272 g/mol. The van der Waals surface area contributed by atoms with Crippen LogP contribution in [0, 0.1) is 11.8 Å². The third-order valence-electron chi connectivity index (χ3n) is 3.77. The Hall–Kier alpha value is -0.650. The fraction of sp³-hybridized carbons (Fsp3) is 0.929. The van der Waals surface area contributed by atoms with Gasteiger partial charge in [0.2, 0.25) is 5.91 Å². The molecule has 3 N–H and O–H groups in total. The second-order valence-electron chi connectivity index (χ2n) is 5.28. The number of rotatable bonds is 9. The molecule has 0 aliphatic heterocycles. The van der Waals surface area contributed by atoms with Crippen LogP contribution in [0.15, 0.2) is 0 Å². The molecule has 0 spiro atoms. The number of hydrogen-bond donors (Lipinski definition) is 2. The highest BCUT2D eigenvalue weighted by Gasteiger charge is 2.21. The molecule has 1 aliphatic carbocycles. The topological polar surface area (TPSA) is 73.6 Å². The number of hydrogen-bond acceptors (Lipinski definition) is 4. The predicted octanol–water partition coefficient (Wildman–Crippen LogP) is 0.921. The lowest BCUT2D eigenvalue weighted by atomic mass is 9.80. The van der Waals surface area contributed by atoms with Crippen LogP contribution in [0.2, 0.25) is 0 Å². The number of methoxy groups -OCH3 is 1. The van der Waals surface area contributed by atoms with Crippen molar-refractivity contribution in [2.75, 3.05) is 40.0 Å². The molecule has 5 nitrogen and oxygen atoms in total. The number of carbonyl (C=O) groups is 1. The van der Waals surface area contributed by atoms with Gasteiger partial charge in [0.15, 0.2) is 0 Å². The standard InChI is InChI=1S/C14H28N2O3/c1-18-8-9-19-7-6-16-14(17)10-12-2-4-13(11-15)5-3-12/h12-13H,2-11,15H2,1H3,(H,16,17). The van der Waals surface area contributed by atoms with E-state index >= 15 is 0 Å². The molecule has 0 aromatic rings. The molecule has 0 aromatic carbocycles. The van der Waals surface area contributed by atoms with Crippen LogP contribution in [0.4, 0.5) is 0 Å². The molecule has 0 bridgehead atoms. The Labute approximate surface area is 116 Å². The summed E-state index contributed by atoms with van der Waals surface area (Å²) in [6.45, 7) is 3.10. The van der Waals surface area contributed by atoms with Gasteiger partial charge in [-0.05, 0) is 44.1 Å². The van der Waals surface area contributed by atoms with Crippen molar-refractivity contribution in [1.29, 1.82) is 0 Å². The summed E-state index contributed by atoms with van der Waals surface area (Å²) in [7, 11) is 1.64. The third kappa shape index (κ3) is 7.50. The first kappa shape index (κ1) is 16.4. The zero-order valence-corrected chi connectivity index (χ0v) is 12.0. The molecule has 1 amide bonds. The number of carbonyl (C=O) groups excluding carboxylic acids is 1. The van der Waals surface area contributed by atoms with Crippen molar-refractivity contribution in [1.82, 2.24) is 5.32 Å². The molecular weight excluding hydrogens is 244 g/mol. The maximum Gasteiger partial charge on any atom is 0.220 e. The highest BCUT2D eigenvalue weighted by molar-refractivity contribution is 5.76. The Bertz CT molecular complexity index is 241. The van der Waals surface area contributed by atoms with Crippen LogP contribution in [0.3, 0.4) is 0 Å². The number of nitrogens with two attached hydrogens (primary N) is 1. The number of amides is 1. The Kier molecular flexibility index (Phi) is 8.79. The molecule has 0 saturated heterocycles. The van der Waals surface area contributed by atoms with Gasteiger partial charge in [0.25, 0.3) is 0 Å². The molecule has 1 rings (SSSR count). The van der Waals surface area contributed by atoms with Crippen molar-refractivity contribution in [2.45, 2.75) is 32.1 Å². The Balaban J connectivity index is 1.99. The summed E-state index contributed by atoms with van der Waals surface area (Å²) in [6, 6.07) is 0. The van der Waals surface area contributed by atoms with Crippen LogP contribution >= 0.6 is 0 Å². The van der Waals surface area contributed by atoms with Gasteiger partial charge in [0.05, 0.1) is 19.8 Å². The molecule has 1 saturated carbocycles. The van der Waals surface area contributed by atoms with Gasteiger partial charge >= 0.3 is 0 Å². The van der Waals surface area contributed by atoms with Gasteiger partial charge in [0, 0.05) is 20.1 Å². The molecule has 0 radical (unpaired) electrons. The van der Waals surface area contributed by atoms with Gasteiger partial charge in [-0.3, -0.25) is 4.79 Å². The van der Waals surface area contributed by atoms with Crippen molar-refractivity contribution >= 4 is 5.91 Å². The van der Waals surface area contributed by atoms with Crippen LogP contribution < -0.4 is 11.1 Å². The first-order valence-corrected chi connectivity index (χ1v) is 7.29. The fourth-order valence-corrected chi connectivity index (χ4v) is 2.51. The van der Waals surface area contributed by atoms with E-state index in [1.54, 1.807) is 7.11 Å². The van der Waals surface area contributed by atoms with Gasteiger partial charge < -0.3 is 20.5 Å². The van der Waals surface area contributed by atoms with E-state index in [9.17, 15) is 4.79 Å². The molecule has 112 valence electrons. The van der Waals surface area contributed by atoms with Crippen LogP contribution in [-0.2, 0) is 14.3 Å². The highest BCUT2D eigenvalue weighted by atomic mass is 16.5. The van der Waals surface area contributed by atoms with E-state index in [1.165, 1.54) is 12.8 Å². The number of nitrogens with one attached hydrogen (secondary N) is 1. The summed E-state index contributed by atoms with van der Waals surface area (Å²) in [5.74, 6) is 1.36. The molecule has 1 fully saturated rings. The van der Waals surface area contributed by atoms with Crippen LogP contribution in [0.5, 0.6) is 0 Å². The van der Waals surface area contributed by atoms with E-state index < -0.39 is 0 Å². The van der Waals surface area contributed by atoms with Gasteiger partial charge in [0.1, 0.15) is 0 Å². The maximum atomic E-state index is 11.7. The van der Waals surface area contributed by atoms with Crippen molar-refractivity contribution in [2.24, 2.45) is 17.6 Å². The predicted molar refractivity (Wildman–Crippen MR) is 74.8 cm³/mol.